The molecule has 17 heavy (non-hydrogen) atoms. The molecule has 1 amide bonds. The highest BCUT2D eigenvalue weighted by Gasteiger charge is 2.09. The van der Waals surface area contributed by atoms with E-state index in [1.54, 1.807) is 41.3 Å². The van der Waals surface area contributed by atoms with Crippen molar-refractivity contribution in [3.63, 3.8) is 0 Å². The van der Waals surface area contributed by atoms with Crippen LogP contribution in [0.1, 0.15) is 23.8 Å². The van der Waals surface area contributed by atoms with Crippen LogP contribution in [0.2, 0.25) is 0 Å². The maximum Gasteiger partial charge on any atom is 0.275 e. The minimum absolute atomic E-state index is 0.219. The lowest BCUT2D eigenvalue weighted by Crippen LogP contribution is -2.16. The van der Waals surface area contributed by atoms with Gasteiger partial charge in [-0.2, -0.15) is 5.10 Å². The largest absolute Gasteiger partial charge is 0.305 e. The molecule has 0 atom stereocenters. The third-order valence-corrected chi connectivity index (χ3v) is 2.29. The van der Waals surface area contributed by atoms with Gasteiger partial charge in [-0.1, -0.05) is 13.0 Å². The van der Waals surface area contributed by atoms with Crippen LogP contribution in [0.3, 0.4) is 0 Å². The van der Waals surface area contributed by atoms with Crippen LogP contribution >= 0.6 is 0 Å². The van der Waals surface area contributed by atoms with E-state index in [1.165, 1.54) is 0 Å². The summed E-state index contributed by atoms with van der Waals surface area (Å²) in [6.07, 6.45) is 4.23. The molecule has 0 saturated carbocycles. The maximum atomic E-state index is 11.9. The Morgan fingerprint density at radius 3 is 2.94 bits per heavy atom. The summed E-state index contributed by atoms with van der Waals surface area (Å²) in [6, 6.07) is 7.01. The third kappa shape index (κ3) is 2.69. The first-order valence-corrected chi connectivity index (χ1v) is 5.55. The Morgan fingerprint density at radius 1 is 1.35 bits per heavy atom. The monoisotopic (exact) mass is 230 g/mol. The highest BCUT2D eigenvalue weighted by molar-refractivity contribution is 6.02. The van der Waals surface area contributed by atoms with Gasteiger partial charge in [0.05, 0.1) is 6.20 Å². The van der Waals surface area contributed by atoms with Gasteiger partial charge in [-0.3, -0.25) is 9.78 Å². The number of carbonyl (C=O) groups excluding carboxylic acids is 1. The summed E-state index contributed by atoms with van der Waals surface area (Å²) in [4.78, 5) is 15.8. The van der Waals surface area contributed by atoms with Gasteiger partial charge < -0.3 is 5.32 Å². The molecular weight excluding hydrogens is 216 g/mol. The molecule has 0 fully saturated rings. The number of anilines is 1. The minimum Gasteiger partial charge on any atom is -0.305 e. The summed E-state index contributed by atoms with van der Waals surface area (Å²) in [7, 11) is 0. The lowest BCUT2D eigenvalue weighted by molar-refractivity contribution is 0.102. The first-order chi connectivity index (χ1) is 8.31. The second-order valence-electron chi connectivity index (χ2n) is 3.61. The van der Waals surface area contributed by atoms with Crippen LogP contribution < -0.4 is 5.32 Å². The summed E-state index contributed by atoms with van der Waals surface area (Å²) < 4.78 is 1.76. The number of nitrogens with one attached hydrogen (secondary N) is 1. The normalized spacial score (nSPS) is 10.2. The molecule has 0 aliphatic heterocycles. The highest BCUT2D eigenvalue weighted by Crippen LogP contribution is 2.08. The van der Waals surface area contributed by atoms with E-state index in [2.05, 4.69) is 22.3 Å². The van der Waals surface area contributed by atoms with Gasteiger partial charge in [0.2, 0.25) is 0 Å². The van der Waals surface area contributed by atoms with Gasteiger partial charge in [0, 0.05) is 18.8 Å². The van der Waals surface area contributed by atoms with E-state index in [-0.39, 0.29) is 5.91 Å². The van der Waals surface area contributed by atoms with Crippen molar-refractivity contribution in [2.75, 3.05) is 5.32 Å². The Balaban J connectivity index is 2.11. The predicted octanol–water partition coefficient (Wildman–Crippen LogP) is 1.94. The van der Waals surface area contributed by atoms with Crippen LogP contribution in [0.5, 0.6) is 0 Å². The topological polar surface area (TPSA) is 59.8 Å². The fourth-order valence-corrected chi connectivity index (χ4v) is 1.51. The molecule has 5 nitrogen and oxygen atoms in total. The van der Waals surface area contributed by atoms with E-state index in [4.69, 9.17) is 0 Å². The number of pyridine rings is 1. The average molecular weight is 230 g/mol. The van der Waals surface area contributed by atoms with Gasteiger partial charge in [0.25, 0.3) is 5.91 Å². The van der Waals surface area contributed by atoms with Crippen molar-refractivity contribution in [2.24, 2.45) is 0 Å². The molecule has 2 rings (SSSR count). The summed E-state index contributed by atoms with van der Waals surface area (Å²) in [5.41, 5.74) is 0.400. The van der Waals surface area contributed by atoms with Crippen molar-refractivity contribution in [1.82, 2.24) is 14.8 Å². The van der Waals surface area contributed by atoms with Crippen LogP contribution in [0, 0.1) is 0 Å². The number of rotatable bonds is 4. The molecule has 0 aromatic carbocycles. The molecule has 2 aromatic heterocycles. The molecule has 5 heteroatoms. The van der Waals surface area contributed by atoms with Crippen LogP contribution in [0.15, 0.2) is 36.7 Å². The maximum absolute atomic E-state index is 11.9. The zero-order chi connectivity index (χ0) is 12.1. The second-order valence-corrected chi connectivity index (χ2v) is 3.61. The predicted molar refractivity (Wildman–Crippen MR) is 64.7 cm³/mol. The Morgan fingerprint density at radius 2 is 2.24 bits per heavy atom. The molecule has 2 heterocycles. The van der Waals surface area contributed by atoms with E-state index in [9.17, 15) is 4.79 Å². The summed E-state index contributed by atoms with van der Waals surface area (Å²) in [5.74, 6) is 0.478. The lowest BCUT2D eigenvalue weighted by Gasteiger charge is -2.07. The Labute approximate surface area is 99.5 Å². The number of nitrogens with zero attached hydrogens (tertiary/aromatic N) is 3. The fourth-order valence-electron chi connectivity index (χ4n) is 1.51. The molecule has 0 saturated heterocycles. The Hall–Kier alpha value is -2.17. The molecule has 1 N–H and O–H groups in total. The number of amides is 1. The number of hydrogen-bond donors (Lipinski definition) is 1. The molecule has 0 unspecified atom stereocenters. The van der Waals surface area contributed by atoms with Gasteiger partial charge in [0.1, 0.15) is 11.5 Å². The number of aromatic nitrogens is 3. The van der Waals surface area contributed by atoms with Gasteiger partial charge in [-0.05, 0) is 18.6 Å². The molecule has 0 bridgehead atoms. The minimum atomic E-state index is -0.219. The van der Waals surface area contributed by atoms with Crippen molar-refractivity contribution in [3.05, 3.63) is 42.4 Å². The SMILES string of the molecule is CCCn1nccc1NC(=O)c1ccccn1. The number of aryl methyl sites for hydroxylation is 1. The summed E-state index contributed by atoms with van der Waals surface area (Å²) >= 11 is 0. The van der Waals surface area contributed by atoms with Gasteiger partial charge in [0.15, 0.2) is 0 Å². The van der Waals surface area contributed by atoms with Crippen molar-refractivity contribution >= 4 is 11.7 Å². The fraction of sp³-hybridized carbons (Fsp3) is 0.250. The number of hydrogen-bond acceptors (Lipinski definition) is 3. The van der Waals surface area contributed by atoms with Crippen molar-refractivity contribution < 1.29 is 4.79 Å². The van der Waals surface area contributed by atoms with Gasteiger partial charge in [-0.25, -0.2) is 4.68 Å². The highest BCUT2D eigenvalue weighted by atomic mass is 16.2. The van der Waals surface area contributed by atoms with Crippen molar-refractivity contribution in [2.45, 2.75) is 19.9 Å². The molecule has 0 aliphatic rings. The molecule has 0 spiro atoms. The zero-order valence-corrected chi connectivity index (χ0v) is 9.63. The third-order valence-electron chi connectivity index (χ3n) is 2.29. The molecular formula is C12H14N4O. The van der Waals surface area contributed by atoms with Crippen molar-refractivity contribution in [1.29, 1.82) is 0 Å². The van der Waals surface area contributed by atoms with E-state index in [0.29, 0.717) is 11.5 Å². The standard InChI is InChI=1S/C12H14N4O/c1-2-9-16-11(6-8-14-16)15-12(17)10-5-3-4-7-13-10/h3-8H,2,9H2,1H3,(H,15,17). The molecule has 2 aromatic rings. The lowest BCUT2D eigenvalue weighted by atomic mass is 10.3. The number of carbonyl (C=O) groups is 1. The molecule has 0 radical (unpaired) electrons. The van der Waals surface area contributed by atoms with Crippen LogP contribution in [0.4, 0.5) is 5.82 Å². The van der Waals surface area contributed by atoms with E-state index >= 15 is 0 Å². The van der Waals surface area contributed by atoms with Gasteiger partial charge in [-0.15, -0.1) is 0 Å². The zero-order valence-electron chi connectivity index (χ0n) is 9.63. The second kappa shape index (κ2) is 5.25. The van der Waals surface area contributed by atoms with E-state index in [1.807, 2.05) is 0 Å². The first-order valence-electron chi connectivity index (χ1n) is 5.55. The summed E-state index contributed by atoms with van der Waals surface area (Å²) in [6.45, 7) is 2.84. The van der Waals surface area contributed by atoms with Crippen LogP contribution in [0.25, 0.3) is 0 Å². The molecule has 88 valence electrons. The first kappa shape index (κ1) is 11.3. The van der Waals surface area contributed by atoms with Gasteiger partial charge >= 0.3 is 0 Å². The van der Waals surface area contributed by atoms with Crippen LogP contribution in [-0.4, -0.2) is 20.7 Å². The van der Waals surface area contributed by atoms with Crippen LogP contribution in [-0.2, 0) is 6.54 Å². The van der Waals surface area contributed by atoms with E-state index < -0.39 is 0 Å². The smallest absolute Gasteiger partial charge is 0.275 e. The quantitative estimate of drug-likeness (QED) is 0.873. The van der Waals surface area contributed by atoms with Crippen molar-refractivity contribution in [3.8, 4) is 0 Å². The van der Waals surface area contributed by atoms with E-state index in [0.717, 1.165) is 13.0 Å². The molecule has 0 aliphatic carbocycles. The Bertz CT molecular complexity index is 492. The average Bonchev–Trinajstić information content (AvgIpc) is 2.78. The summed E-state index contributed by atoms with van der Waals surface area (Å²) in [5, 5.41) is 6.92. The Kier molecular flexibility index (Phi) is 3.49.